The van der Waals surface area contributed by atoms with Gasteiger partial charge in [-0.2, -0.15) is 12.1 Å². The van der Waals surface area contributed by atoms with Gasteiger partial charge in [0, 0.05) is 38.4 Å². The SMILES string of the molecule is Cc1ccc(N2C[C@H](CNC(=O)c3cc[c-]s3)OC2=O)cc1C.[Y]. The second-order valence-corrected chi connectivity index (χ2v) is 6.39. The van der Waals surface area contributed by atoms with Crippen LogP contribution in [0.25, 0.3) is 0 Å². The minimum atomic E-state index is -0.378. The molecule has 1 aliphatic heterocycles. The number of carbonyl (C=O) groups is 2. The third kappa shape index (κ3) is 4.23. The van der Waals surface area contributed by atoms with E-state index in [1.165, 1.54) is 16.9 Å². The predicted molar refractivity (Wildman–Crippen MR) is 89.0 cm³/mol. The zero-order chi connectivity index (χ0) is 16.4. The number of cyclic esters (lactones) is 1. The number of amides is 2. The molecule has 0 saturated carbocycles. The van der Waals surface area contributed by atoms with Crippen molar-refractivity contribution in [1.29, 1.82) is 0 Å². The third-order valence-corrected chi connectivity index (χ3v) is 4.66. The number of nitrogens with zero attached hydrogens (tertiary/aromatic N) is 1. The van der Waals surface area contributed by atoms with E-state index in [1.807, 2.05) is 32.0 Å². The van der Waals surface area contributed by atoms with Gasteiger partial charge >= 0.3 is 6.09 Å². The molecule has 0 bridgehead atoms. The van der Waals surface area contributed by atoms with E-state index in [0.29, 0.717) is 18.0 Å². The molecule has 2 heterocycles. The third-order valence-electron chi connectivity index (χ3n) is 3.86. The van der Waals surface area contributed by atoms with Crippen LogP contribution in [0.5, 0.6) is 0 Å². The van der Waals surface area contributed by atoms with Crippen molar-refractivity contribution in [3.8, 4) is 0 Å². The Morgan fingerprint density at radius 1 is 1.38 bits per heavy atom. The maximum atomic E-state index is 12.0. The molecule has 1 N–H and O–H groups in total. The van der Waals surface area contributed by atoms with E-state index in [9.17, 15) is 9.59 Å². The van der Waals surface area contributed by atoms with E-state index in [4.69, 9.17) is 4.74 Å². The van der Waals surface area contributed by atoms with E-state index in [1.54, 1.807) is 17.0 Å². The van der Waals surface area contributed by atoms with E-state index in [2.05, 4.69) is 10.7 Å². The van der Waals surface area contributed by atoms with Crippen LogP contribution in [0.15, 0.2) is 30.3 Å². The van der Waals surface area contributed by atoms with Crippen LogP contribution in [0.3, 0.4) is 0 Å². The van der Waals surface area contributed by atoms with Gasteiger partial charge in [-0.3, -0.25) is 21.0 Å². The van der Waals surface area contributed by atoms with Gasteiger partial charge in [0.2, 0.25) is 0 Å². The molecule has 0 spiro atoms. The molecule has 1 atom stereocenters. The first-order valence-electron chi connectivity index (χ1n) is 7.34. The Bertz CT molecular complexity index is 733. The van der Waals surface area contributed by atoms with Crippen LogP contribution in [0.1, 0.15) is 20.8 Å². The molecular formula is C17H17N2O3SY-. The maximum absolute atomic E-state index is 12.0. The fourth-order valence-corrected chi connectivity index (χ4v) is 2.95. The normalized spacial score (nSPS) is 16.5. The van der Waals surface area contributed by atoms with Crippen molar-refractivity contribution < 1.29 is 47.0 Å². The number of rotatable bonds is 4. The molecule has 1 aliphatic rings. The second-order valence-electron chi connectivity index (χ2n) is 5.51. The molecule has 0 aliphatic carbocycles. The summed E-state index contributed by atoms with van der Waals surface area (Å²) in [6, 6.07) is 9.28. The molecule has 3 rings (SSSR count). The summed E-state index contributed by atoms with van der Waals surface area (Å²) < 4.78 is 5.33. The van der Waals surface area contributed by atoms with Crippen molar-refractivity contribution in [1.82, 2.24) is 5.32 Å². The molecule has 1 aromatic heterocycles. The average Bonchev–Trinajstić information content (AvgIpc) is 3.17. The molecule has 5 nitrogen and oxygen atoms in total. The maximum Gasteiger partial charge on any atom is 0.414 e. The Labute approximate surface area is 170 Å². The molecule has 1 radical (unpaired) electrons. The summed E-state index contributed by atoms with van der Waals surface area (Å²) in [5, 5.41) is 5.66. The van der Waals surface area contributed by atoms with Gasteiger partial charge < -0.3 is 10.1 Å². The molecule has 1 saturated heterocycles. The molecule has 2 aromatic rings. The number of benzene rings is 1. The van der Waals surface area contributed by atoms with Gasteiger partial charge in [-0.1, -0.05) is 10.9 Å². The van der Waals surface area contributed by atoms with Crippen molar-refractivity contribution in [2.75, 3.05) is 18.0 Å². The summed E-state index contributed by atoms with van der Waals surface area (Å²) in [6.45, 7) is 4.76. The Hall–Kier alpha value is -1.24. The van der Waals surface area contributed by atoms with Crippen LogP contribution in [-0.4, -0.2) is 31.2 Å². The van der Waals surface area contributed by atoms with E-state index >= 15 is 0 Å². The summed E-state index contributed by atoms with van der Waals surface area (Å²) in [6.07, 6.45) is -0.728. The van der Waals surface area contributed by atoms with Crippen LogP contribution < -0.4 is 10.2 Å². The van der Waals surface area contributed by atoms with Gasteiger partial charge in [0.1, 0.15) is 6.10 Å². The largest absolute Gasteiger partial charge is 0.442 e. The first-order chi connectivity index (χ1) is 11.0. The Morgan fingerprint density at radius 2 is 2.17 bits per heavy atom. The smallest absolute Gasteiger partial charge is 0.414 e. The van der Waals surface area contributed by atoms with Gasteiger partial charge in [0.05, 0.1) is 13.1 Å². The number of nitrogens with one attached hydrogen (secondary N) is 1. The topological polar surface area (TPSA) is 58.6 Å². The molecule has 7 heteroatoms. The molecule has 24 heavy (non-hydrogen) atoms. The Balaban J connectivity index is 0.00000208. The van der Waals surface area contributed by atoms with Crippen molar-refractivity contribution in [2.45, 2.75) is 20.0 Å². The minimum Gasteiger partial charge on any atom is -0.442 e. The first-order valence-corrected chi connectivity index (χ1v) is 8.16. The zero-order valence-electron chi connectivity index (χ0n) is 13.5. The predicted octanol–water partition coefficient (Wildman–Crippen LogP) is 2.92. The standard InChI is InChI=1S/C17H17N2O3S.Y/c1-11-5-6-13(8-12(11)2)19-10-14(22-17(19)21)9-18-16(20)15-4-3-7-23-15;/h3-6,8,14H,9-10H2,1-2H3,(H,18,20);/q-1;/t14-;/m0./s1. The Kier molecular flexibility index (Phi) is 6.55. The second kappa shape index (κ2) is 8.23. The van der Waals surface area contributed by atoms with Crippen LogP contribution in [0.4, 0.5) is 10.5 Å². The summed E-state index contributed by atoms with van der Waals surface area (Å²) in [4.78, 5) is 26.1. The molecule has 1 fully saturated rings. The van der Waals surface area contributed by atoms with Crippen LogP contribution in [0.2, 0.25) is 0 Å². The van der Waals surface area contributed by atoms with Gasteiger partial charge in [-0.05, 0) is 37.1 Å². The van der Waals surface area contributed by atoms with Crippen molar-refractivity contribution in [2.24, 2.45) is 0 Å². The number of hydrogen-bond acceptors (Lipinski definition) is 4. The molecular weight excluding hydrogens is 401 g/mol. The minimum absolute atomic E-state index is 0. The number of carbonyl (C=O) groups excluding carboxylic acids is 2. The van der Waals surface area contributed by atoms with Crippen LogP contribution in [-0.2, 0) is 37.4 Å². The van der Waals surface area contributed by atoms with Gasteiger partial charge in [-0.25, -0.2) is 4.79 Å². The van der Waals surface area contributed by atoms with Gasteiger partial charge in [0.25, 0.3) is 0 Å². The summed E-state index contributed by atoms with van der Waals surface area (Å²) in [5.41, 5.74) is 3.12. The fraction of sp³-hybridized carbons (Fsp3) is 0.294. The average molecular weight is 418 g/mol. The number of hydrogen-bond donors (Lipinski definition) is 1. The number of aryl methyl sites for hydroxylation is 2. The van der Waals surface area contributed by atoms with Crippen molar-refractivity contribution in [3.05, 3.63) is 51.7 Å². The Morgan fingerprint density at radius 3 is 2.83 bits per heavy atom. The quantitative estimate of drug-likeness (QED) is 0.777. The summed E-state index contributed by atoms with van der Waals surface area (Å²) in [5.74, 6) is -0.170. The first kappa shape index (κ1) is 19.1. The molecule has 0 unspecified atom stereocenters. The number of ether oxygens (including phenoxy) is 1. The summed E-state index contributed by atoms with van der Waals surface area (Å²) >= 11 is 1.26. The number of thiophene rings is 1. The van der Waals surface area contributed by atoms with E-state index in [0.717, 1.165) is 11.3 Å². The molecule has 1 aromatic carbocycles. The van der Waals surface area contributed by atoms with E-state index < -0.39 is 0 Å². The number of anilines is 1. The van der Waals surface area contributed by atoms with E-state index in [-0.39, 0.29) is 50.8 Å². The van der Waals surface area contributed by atoms with Gasteiger partial charge in [-0.15, -0.1) is 5.38 Å². The van der Waals surface area contributed by atoms with Crippen LogP contribution >= 0.6 is 11.3 Å². The molecule has 123 valence electrons. The van der Waals surface area contributed by atoms with Crippen molar-refractivity contribution >= 4 is 29.0 Å². The zero-order valence-corrected chi connectivity index (χ0v) is 17.2. The monoisotopic (exact) mass is 418 g/mol. The van der Waals surface area contributed by atoms with Crippen LogP contribution in [0, 0.1) is 19.2 Å². The van der Waals surface area contributed by atoms with Gasteiger partial charge in [0.15, 0.2) is 5.91 Å². The summed E-state index contributed by atoms with van der Waals surface area (Å²) in [7, 11) is 0. The fourth-order valence-electron chi connectivity index (χ4n) is 2.39. The molecule has 2 amide bonds. The van der Waals surface area contributed by atoms with Crippen molar-refractivity contribution in [3.63, 3.8) is 0 Å².